The fourth-order valence-electron chi connectivity index (χ4n) is 3.38. The Labute approximate surface area is 199 Å². The fraction of sp³-hybridized carbons (Fsp3) is 0.308. The zero-order chi connectivity index (χ0) is 23.8. The second-order valence-electron chi connectivity index (χ2n) is 7.36. The van der Waals surface area contributed by atoms with E-state index >= 15 is 0 Å². The van der Waals surface area contributed by atoms with E-state index in [0.717, 1.165) is 28.5 Å². The van der Waals surface area contributed by atoms with Gasteiger partial charge in [0.2, 0.25) is 0 Å². The van der Waals surface area contributed by atoms with Gasteiger partial charge < -0.3 is 14.2 Å². The number of imide groups is 1. The molecule has 2 aromatic rings. The highest BCUT2D eigenvalue weighted by Crippen LogP contribution is 2.37. The second-order valence-corrected chi connectivity index (χ2v) is 8.35. The minimum Gasteiger partial charge on any atom is -0.492 e. The highest BCUT2D eigenvalue weighted by atomic mass is 32.2. The molecule has 0 radical (unpaired) electrons. The Morgan fingerprint density at radius 3 is 2.42 bits per heavy atom. The predicted molar refractivity (Wildman–Crippen MR) is 132 cm³/mol. The Hall–Kier alpha value is -3.19. The zero-order valence-corrected chi connectivity index (χ0v) is 20.1. The van der Waals surface area contributed by atoms with E-state index in [1.807, 2.05) is 57.2 Å². The van der Waals surface area contributed by atoms with Crippen molar-refractivity contribution in [3.05, 3.63) is 70.6 Å². The van der Waals surface area contributed by atoms with Crippen molar-refractivity contribution in [2.45, 2.75) is 27.2 Å². The van der Waals surface area contributed by atoms with Crippen LogP contribution < -0.4 is 14.2 Å². The van der Waals surface area contributed by atoms with Crippen LogP contribution in [0, 0.1) is 6.92 Å². The Balaban J connectivity index is 1.77. The molecule has 174 valence electrons. The summed E-state index contributed by atoms with van der Waals surface area (Å²) in [6.07, 6.45) is 4.10. The normalized spacial score (nSPS) is 14.6. The van der Waals surface area contributed by atoms with E-state index in [2.05, 4.69) is 6.58 Å². The third-order valence-electron chi connectivity index (χ3n) is 4.88. The number of nitrogens with zero attached hydrogens (tertiary/aromatic N) is 1. The topological polar surface area (TPSA) is 65.1 Å². The zero-order valence-electron chi connectivity index (χ0n) is 19.3. The molecule has 0 unspecified atom stereocenters. The van der Waals surface area contributed by atoms with Gasteiger partial charge in [-0.2, -0.15) is 0 Å². The molecule has 0 N–H and O–H groups in total. The number of hydrogen-bond acceptors (Lipinski definition) is 6. The van der Waals surface area contributed by atoms with Crippen LogP contribution in [0.3, 0.4) is 0 Å². The van der Waals surface area contributed by atoms with Gasteiger partial charge in [0.05, 0.1) is 24.7 Å². The van der Waals surface area contributed by atoms with E-state index < -0.39 is 0 Å². The summed E-state index contributed by atoms with van der Waals surface area (Å²) in [5.41, 5.74) is 2.81. The number of aryl methyl sites for hydroxylation is 1. The van der Waals surface area contributed by atoms with Crippen molar-refractivity contribution in [2.24, 2.45) is 0 Å². The van der Waals surface area contributed by atoms with Crippen molar-refractivity contribution in [3.8, 4) is 17.2 Å². The van der Waals surface area contributed by atoms with Crippen LogP contribution >= 0.6 is 11.8 Å². The van der Waals surface area contributed by atoms with Gasteiger partial charge in [-0.15, -0.1) is 6.58 Å². The average molecular weight is 468 g/mol. The van der Waals surface area contributed by atoms with Crippen LogP contribution in [0.1, 0.15) is 30.5 Å². The number of allylic oxidation sites excluding steroid dienone is 1. The first kappa shape index (κ1) is 24.5. The summed E-state index contributed by atoms with van der Waals surface area (Å²) in [5.74, 6) is 1.67. The van der Waals surface area contributed by atoms with E-state index in [0.29, 0.717) is 41.8 Å². The van der Waals surface area contributed by atoms with Crippen LogP contribution in [0.25, 0.3) is 6.08 Å². The van der Waals surface area contributed by atoms with E-state index in [9.17, 15) is 9.59 Å². The average Bonchev–Trinajstić information content (AvgIpc) is 3.05. The van der Waals surface area contributed by atoms with Crippen molar-refractivity contribution in [1.29, 1.82) is 0 Å². The van der Waals surface area contributed by atoms with Gasteiger partial charge >= 0.3 is 0 Å². The van der Waals surface area contributed by atoms with E-state index in [1.54, 1.807) is 12.2 Å². The lowest BCUT2D eigenvalue weighted by atomic mass is 10.0. The van der Waals surface area contributed by atoms with Crippen LogP contribution in [0.5, 0.6) is 17.2 Å². The monoisotopic (exact) mass is 467 g/mol. The number of ether oxygens (including phenoxy) is 3. The van der Waals surface area contributed by atoms with Gasteiger partial charge in [-0.1, -0.05) is 23.8 Å². The summed E-state index contributed by atoms with van der Waals surface area (Å²) < 4.78 is 17.3. The van der Waals surface area contributed by atoms with Gasteiger partial charge in [0.1, 0.15) is 12.4 Å². The molecule has 6 nitrogen and oxygen atoms in total. The number of benzene rings is 2. The summed E-state index contributed by atoms with van der Waals surface area (Å²) in [5, 5.41) is -0.305. The highest BCUT2D eigenvalue weighted by molar-refractivity contribution is 8.18. The Kier molecular flexibility index (Phi) is 8.60. The van der Waals surface area contributed by atoms with Gasteiger partial charge in [-0.25, -0.2) is 0 Å². The lowest BCUT2D eigenvalue weighted by Gasteiger charge is -2.16. The first-order chi connectivity index (χ1) is 16.0. The van der Waals surface area contributed by atoms with Crippen LogP contribution in [-0.2, 0) is 11.2 Å². The predicted octanol–water partition coefficient (Wildman–Crippen LogP) is 5.64. The molecule has 2 amide bonds. The summed E-state index contributed by atoms with van der Waals surface area (Å²) >= 11 is 0.928. The summed E-state index contributed by atoms with van der Waals surface area (Å²) in [6, 6.07) is 11.4. The van der Waals surface area contributed by atoms with Crippen LogP contribution in [0.15, 0.2) is 54.0 Å². The number of thioether (sulfide) groups is 1. The molecule has 2 aromatic carbocycles. The maximum atomic E-state index is 12.9. The minimum absolute atomic E-state index is 0.186. The number of amides is 2. The molecule has 1 fully saturated rings. The SMILES string of the molecule is C=CCc1cc(/C=C2\SC(=O)N(CCOc3ccc(C)cc3)C2=O)cc(OCC)c1OCC. The number of hydrogen-bond donors (Lipinski definition) is 0. The van der Waals surface area contributed by atoms with Crippen LogP contribution in [-0.4, -0.2) is 42.4 Å². The molecular formula is C26H29NO5S. The maximum Gasteiger partial charge on any atom is 0.293 e. The molecule has 3 rings (SSSR count). The Bertz CT molecular complexity index is 1050. The summed E-state index contributed by atoms with van der Waals surface area (Å²) in [7, 11) is 0. The third kappa shape index (κ3) is 6.20. The number of carbonyl (C=O) groups excluding carboxylic acids is 2. The molecule has 0 atom stereocenters. The minimum atomic E-state index is -0.324. The molecule has 33 heavy (non-hydrogen) atoms. The maximum absolute atomic E-state index is 12.9. The molecule has 0 aliphatic carbocycles. The quantitative estimate of drug-likeness (QED) is 0.315. The Morgan fingerprint density at radius 2 is 1.76 bits per heavy atom. The van der Waals surface area contributed by atoms with Crippen molar-refractivity contribution < 1.29 is 23.8 Å². The molecule has 0 bridgehead atoms. The molecule has 1 aliphatic heterocycles. The van der Waals surface area contributed by atoms with Crippen LogP contribution in [0.2, 0.25) is 0 Å². The Morgan fingerprint density at radius 1 is 1.03 bits per heavy atom. The smallest absolute Gasteiger partial charge is 0.293 e. The third-order valence-corrected chi connectivity index (χ3v) is 5.79. The van der Waals surface area contributed by atoms with Gasteiger partial charge in [0.15, 0.2) is 11.5 Å². The lowest BCUT2D eigenvalue weighted by Crippen LogP contribution is -2.32. The van der Waals surface area contributed by atoms with E-state index in [4.69, 9.17) is 14.2 Å². The molecule has 7 heteroatoms. The highest BCUT2D eigenvalue weighted by Gasteiger charge is 2.35. The molecule has 0 saturated carbocycles. The molecular weight excluding hydrogens is 438 g/mol. The van der Waals surface area contributed by atoms with Gasteiger partial charge in [0, 0.05) is 5.56 Å². The number of rotatable bonds is 11. The standard InChI is InChI=1S/C26H29NO5S/c1-5-8-20-15-19(16-22(30-6-2)24(20)31-7-3)17-23-25(28)27(26(29)33-23)13-14-32-21-11-9-18(4)10-12-21/h5,9-12,15-17H,1,6-8,13-14H2,2-4H3/b23-17-. The van der Waals surface area contributed by atoms with E-state index in [1.165, 1.54) is 4.90 Å². The molecule has 1 saturated heterocycles. The van der Waals surface area contributed by atoms with Crippen molar-refractivity contribution in [2.75, 3.05) is 26.4 Å². The molecule has 1 heterocycles. The largest absolute Gasteiger partial charge is 0.492 e. The van der Waals surface area contributed by atoms with Gasteiger partial charge in [-0.3, -0.25) is 14.5 Å². The molecule has 0 aromatic heterocycles. The van der Waals surface area contributed by atoms with Gasteiger partial charge in [0.25, 0.3) is 11.1 Å². The van der Waals surface area contributed by atoms with Crippen molar-refractivity contribution in [3.63, 3.8) is 0 Å². The number of carbonyl (C=O) groups is 2. The fourth-order valence-corrected chi connectivity index (χ4v) is 4.24. The van der Waals surface area contributed by atoms with Crippen molar-refractivity contribution >= 4 is 29.0 Å². The molecule has 0 spiro atoms. The first-order valence-corrected chi connectivity index (χ1v) is 11.8. The first-order valence-electron chi connectivity index (χ1n) is 10.9. The van der Waals surface area contributed by atoms with Crippen LogP contribution in [0.4, 0.5) is 4.79 Å². The summed E-state index contributed by atoms with van der Waals surface area (Å²) in [4.78, 5) is 26.9. The molecule has 1 aliphatic rings. The summed E-state index contributed by atoms with van der Waals surface area (Å²) in [6.45, 7) is 11.0. The van der Waals surface area contributed by atoms with Gasteiger partial charge in [-0.05, 0) is 74.9 Å². The second kappa shape index (κ2) is 11.6. The van der Waals surface area contributed by atoms with E-state index in [-0.39, 0.29) is 24.3 Å². The van der Waals surface area contributed by atoms with Crippen molar-refractivity contribution in [1.82, 2.24) is 4.90 Å². The lowest BCUT2D eigenvalue weighted by molar-refractivity contribution is -0.123.